The molecule has 1 aromatic carbocycles. The van der Waals surface area contributed by atoms with Crippen LogP contribution in [0.2, 0.25) is 0 Å². The molecule has 0 aliphatic heterocycles. The van der Waals surface area contributed by atoms with Crippen LogP contribution in [0.1, 0.15) is 5.56 Å². The van der Waals surface area contributed by atoms with E-state index in [1.54, 1.807) is 24.2 Å². The van der Waals surface area contributed by atoms with Crippen LogP contribution < -0.4 is 10.9 Å². The summed E-state index contributed by atoms with van der Waals surface area (Å²) in [6.45, 7) is 0.532. The average Bonchev–Trinajstić information content (AvgIpc) is 2.54. The third kappa shape index (κ3) is 5.37. The molecule has 2 aromatic rings. The Morgan fingerprint density at radius 3 is 2.90 bits per heavy atom. The smallest absolute Gasteiger partial charge is 0.276 e. The van der Waals surface area contributed by atoms with Gasteiger partial charge >= 0.3 is 0 Å². The first-order chi connectivity index (χ1) is 10.3. The largest absolute Gasteiger partial charge is 0.286 e. The number of benzene rings is 1. The zero-order valence-corrected chi connectivity index (χ0v) is 12.4. The Kier molecular flexibility index (Phi) is 5.93. The number of aromatic nitrogens is 1. The summed E-state index contributed by atoms with van der Waals surface area (Å²) in [7, 11) is 0. The van der Waals surface area contributed by atoms with Gasteiger partial charge in [0.1, 0.15) is 0 Å². The van der Waals surface area contributed by atoms with E-state index in [-0.39, 0.29) is 5.91 Å². The second-order valence-electron chi connectivity index (χ2n) is 4.16. The summed E-state index contributed by atoms with van der Waals surface area (Å²) in [5, 5.41) is 0. The van der Waals surface area contributed by atoms with Gasteiger partial charge in [0.15, 0.2) is 0 Å². The number of nitrogens with one attached hydrogen (secondary N) is 2. The van der Waals surface area contributed by atoms with E-state index in [1.165, 1.54) is 6.21 Å². The van der Waals surface area contributed by atoms with Crippen molar-refractivity contribution in [3.05, 3.63) is 54.4 Å². The minimum Gasteiger partial charge on any atom is -0.286 e. The maximum Gasteiger partial charge on any atom is 0.276 e. The highest BCUT2D eigenvalue weighted by molar-refractivity contribution is 7.98. The van der Waals surface area contributed by atoms with Crippen molar-refractivity contribution in [1.82, 2.24) is 15.8 Å². The molecule has 0 radical (unpaired) electrons. The first kappa shape index (κ1) is 15.2. The lowest BCUT2D eigenvalue weighted by atomic mass is 10.3. The minimum atomic E-state index is -0.293. The molecule has 0 aliphatic rings. The second-order valence-corrected chi connectivity index (χ2v) is 5.04. The Morgan fingerprint density at radius 2 is 2.14 bits per heavy atom. The third-order valence-corrected chi connectivity index (χ3v) is 3.36. The van der Waals surface area contributed by atoms with E-state index in [9.17, 15) is 4.79 Å². The van der Waals surface area contributed by atoms with Crippen molar-refractivity contribution in [1.29, 1.82) is 0 Å². The molecule has 1 aromatic heterocycles. The van der Waals surface area contributed by atoms with Crippen LogP contribution in [0.25, 0.3) is 0 Å². The lowest BCUT2D eigenvalue weighted by Crippen LogP contribution is -2.37. The summed E-state index contributed by atoms with van der Waals surface area (Å²) in [6, 6.07) is 11.5. The molecule has 0 bridgehead atoms. The number of pyridine rings is 1. The van der Waals surface area contributed by atoms with Crippen molar-refractivity contribution in [3.63, 3.8) is 0 Å². The van der Waals surface area contributed by atoms with E-state index in [0.29, 0.717) is 6.54 Å². The molecule has 0 unspecified atom stereocenters. The van der Waals surface area contributed by atoms with Crippen LogP contribution in [-0.4, -0.2) is 23.4 Å². The van der Waals surface area contributed by atoms with Crippen LogP contribution in [0.3, 0.4) is 0 Å². The predicted octanol–water partition coefficient (Wildman–Crippen LogP) is 2.33. The fourth-order valence-corrected chi connectivity index (χ4v) is 2.04. The number of amides is 1. The molecular weight excluding hydrogens is 284 g/mol. The molecule has 0 saturated heterocycles. The normalized spacial score (nSPS) is 10.7. The second kappa shape index (κ2) is 8.18. The monoisotopic (exact) mass is 300 g/mol. The number of rotatable bonds is 6. The Bertz CT molecular complexity index is 616. The summed E-state index contributed by atoms with van der Waals surface area (Å²) in [5.74, 6) is -0.293. The van der Waals surface area contributed by atoms with Crippen molar-refractivity contribution in [2.45, 2.75) is 11.4 Å². The lowest BCUT2D eigenvalue weighted by Gasteiger charge is -2.04. The zero-order chi connectivity index (χ0) is 14.9. The van der Waals surface area contributed by atoms with Gasteiger partial charge in [0.2, 0.25) is 0 Å². The Labute approximate surface area is 127 Å². The van der Waals surface area contributed by atoms with Crippen LogP contribution in [0.5, 0.6) is 0 Å². The molecule has 0 spiro atoms. The van der Waals surface area contributed by atoms with Crippen molar-refractivity contribution in [3.8, 4) is 0 Å². The average molecular weight is 300 g/mol. The van der Waals surface area contributed by atoms with Gasteiger partial charge in [-0.1, -0.05) is 6.07 Å². The molecule has 0 fully saturated rings. The number of hydrogen-bond donors (Lipinski definition) is 2. The van der Waals surface area contributed by atoms with E-state index in [4.69, 9.17) is 0 Å². The summed E-state index contributed by atoms with van der Waals surface area (Å²) in [4.78, 5) is 20.8. The highest BCUT2D eigenvalue weighted by atomic mass is 32.2. The molecule has 0 atom stereocenters. The van der Waals surface area contributed by atoms with Crippen LogP contribution in [0.4, 0.5) is 5.69 Å². The van der Waals surface area contributed by atoms with Crippen LogP contribution in [0.15, 0.2) is 58.7 Å². The van der Waals surface area contributed by atoms with E-state index in [1.807, 2.05) is 42.7 Å². The fraction of sp³-hybridized carbons (Fsp3) is 0.133. The number of hydrogen-bond acceptors (Lipinski definition) is 5. The standard InChI is InChI=1S/C15H16N4OS/c1-21-14-4-2-3-13(9-14)17-11-15(20)19-18-10-12-5-7-16-8-6-12/h2-9,11,18H,10H2,1H3,(H,19,20). The molecule has 2 rings (SSSR count). The fourth-order valence-electron chi connectivity index (χ4n) is 1.59. The number of carbonyl (C=O) groups is 1. The lowest BCUT2D eigenvalue weighted by molar-refractivity contribution is -0.115. The third-order valence-electron chi connectivity index (χ3n) is 2.64. The first-order valence-corrected chi connectivity index (χ1v) is 7.60. The van der Waals surface area contributed by atoms with Gasteiger partial charge in [0.05, 0.1) is 11.9 Å². The highest BCUT2D eigenvalue weighted by Crippen LogP contribution is 2.20. The SMILES string of the molecule is CSc1cccc(N=CC(=O)NNCc2ccncc2)c1. The number of nitrogens with zero attached hydrogens (tertiary/aromatic N) is 2. The predicted molar refractivity (Wildman–Crippen MR) is 85.6 cm³/mol. The molecule has 108 valence electrons. The molecule has 2 N–H and O–H groups in total. The van der Waals surface area contributed by atoms with E-state index >= 15 is 0 Å². The molecule has 6 heteroatoms. The van der Waals surface area contributed by atoms with Gasteiger partial charge in [-0.3, -0.25) is 20.2 Å². The Balaban J connectivity index is 1.79. The molecular formula is C15H16N4OS. The number of hydrazine groups is 1. The topological polar surface area (TPSA) is 66.4 Å². The van der Waals surface area contributed by atoms with Gasteiger partial charge in [-0.25, -0.2) is 5.43 Å². The molecule has 1 heterocycles. The minimum absolute atomic E-state index is 0.293. The van der Waals surface area contributed by atoms with Crippen molar-refractivity contribution < 1.29 is 4.79 Å². The summed E-state index contributed by atoms with van der Waals surface area (Å²) in [5.41, 5.74) is 7.20. The molecule has 5 nitrogen and oxygen atoms in total. The Morgan fingerprint density at radius 1 is 1.33 bits per heavy atom. The number of thioether (sulfide) groups is 1. The summed E-state index contributed by atoms with van der Waals surface area (Å²) >= 11 is 1.64. The van der Waals surface area contributed by atoms with Gasteiger partial charge < -0.3 is 0 Å². The molecule has 0 saturated carbocycles. The van der Waals surface area contributed by atoms with Crippen molar-refractivity contribution >= 4 is 29.6 Å². The van der Waals surface area contributed by atoms with Gasteiger partial charge in [-0.05, 0) is 42.2 Å². The van der Waals surface area contributed by atoms with E-state index in [0.717, 1.165) is 16.1 Å². The molecule has 0 aliphatic carbocycles. The zero-order valence-electron chi connectivity index (χ0n) is 11.6. The van der Waals surface area contributed by atoms with E-state index in [2.05, 4.69) is 20.8 Å². The number of aliphatic imine (C=N–C) groups is 1. The first-order valence-electron chi connectivity index (χ1n) is 6.38. The van der Waals surface area contributed by atoms with Crippen molar-refractivity contribution in [2.24, 2.45) is 4.99 Å². The van der Waals surface area contributed by atoms with Crippen LogP contribution >= 0.6 is 11.8 Å². The van der Waals surface area contributed by atoms with Crippen LogP contribution in [-0.2, 0) is 11.3 Å². The summed E-state index contributed by atoms with van der Waals surface area (Å²) < 4.78 is 0. The highest BCUT2D eigenvalue weighted by Gasteiger charge is 1.97. The van der Waals surface area contributed by atoms with E-state index < -0.39 is 0 Å². The van der Waals surface area contributed by atoms with Crippen molar-refractivity contribution in [2.75, 3.05) is 6.26 Å². The molecule has 1 amide bonds. The maximum atomic E-state index is 11.6. The van der Waals surface area contributed by atoms with Gasteiger partial charge in [-0.2, -0.15) is 0 Å². The summed E-state index contributed by atoms with van der Waals surface area (Å²) in [6.07, 6.45) is 6.68. The van der Waals surface area contributed by atoms with Gasteiger partial charge in [0.25, 0.3) is 5.91 Å². The number of carbonyl (C=O) groups excluding carboxylic acids is 1. The maximum absolute atomic E-state index is 11.6. The Hall–Kier alpha value is -2.18. The van der Waals surface area contributed by atoms with Gasteiger partial charge in [-0.15, -0.1) is 11.8 Å². The molecule has 21 heavy (non-hydrogen) atoms. The van der Waals surface area contributed by atoms with Crippen LogP contribution in [0, 0.1) is 0 Å². The quantitative estimate of drug-likeness (QED) is 0.488. The van der Waals surface area contributed by atoms with Gasteiger partial charge in [0, 0.05) is 23.8 Å².